The molecule has 0 N–H and O–H groups in total. The summed E-state index contributed by atoms with van der Waals surface area (Å²) in [5, 5.41) is 0. The fourth-order valence-corrected chi connectivity index (χ4v) is 4.79. The van der Waals surface area contributed by atoms with Crippen LogP contribution in [0.1, 0.15) is 17.4 Å². The fraction of sp³-hybridized carbons (Fsp3) is 0.280. The molecule has 3 heterocycles. The van der Waals surface area contributed by atoms with E-state index in [9.17, 15) is 4.79 Å². The lowest BCUT2D eigenvalue weighted by atomic mass is 10.0. The molecular weight excluding hydrogens is 442 g/mol. The maximum Gasteiger partial charge on any atom is 0.239 e. The van der Waals surface area contributed by atoms with Crippen molar-refractivity contribution in [3.05, 3.63) is 75.6 Å². The van der Waals surface area contributed by atoms with Crippen LogP contribution >= 0.6 is 22.9 Å². The van der Waals surface area contributed by atoms with Crippen LogP contribution < -0.4 is 4.74 Å². The molecule has 2 aromatic heterocycles. The van der Waals surface area contributed by atoms with Crippen molar-refractivity contribution in [2.45, 2.75) is 19.5 Å². The van der Waals surface area contributed by atoms with Gasteiger partial charge in [-0.2, -0.15) is 0 Å². The molecule has 0 radical (unpaired) electrons. The van der Waals surface area contributed by atoms with E-state index in [0.29, 0.717) is 12.4 Å². The average Bonchev–Trinajstić information content (AvgIpc) is 3.24. The lowest BCUT2D eigenvalue weighted by Crippen LogP contribution is -2.55. The largest absolute Gasteiger partial charge is 0.481 e. The predicted molar refractivity (Wildman–Crippen MR) is 131 cm³/mol. The van der Waals surface area contributed by atoms with E-state index >= 15 is 0 Å². The quantitative estimate of drug-likeness (QED) is 0.478. The monoisotopic (exact) mass is 467 g/mol. The van der Waals surface area contributed by atoms with Gasteiger partial charge < -0.3 is 9.64 Å². The highest BCUT2D eigenvalue weighted by molar-refractivity contribution is 7.16. The van der Waals surface area contributed by atoms with Crippen molar-refractivity contribution >= 4 is 34.9 Å². The molecule has 1 aliphatic heterocycles. The third-order valence-corrected chi connectivity index (χ3v) is 6.89. The first kappa shape index (κ1) is 22.5. The summed E-state index contributed by atoms with van der Waals surface area (Å²) in [6.45, 7) is 4.96. The second-order valence-electron chi connectivity index (χ2n) is 7.76. The van der Waals surface area contributed by atoms with Gasteiger partial charge in [0, 0.05) is 48.9 Å². The zero-order valence-electron chi connectivity index (χ0n) is 18.2. The molecular formula is C25H26ClN3O2S. The number of carbonyl (C=O) groups is 1. The smallest absolute Gasteiger partial charge is 0.239 e. The Morgan fingerprint density at radius 3 is 2.56 bits per heavy atom. The highest BCUT2D eigenvalue weighted by Gasteiger charge is 2.30. The SMILES string of the molecule is COc1ccc(-c2ccc(CN3CCN(CC=Cc4ccc(Cl)s4)[C@@H](C)C3=O)cc2)cn1. The summed E-state index contributed by atoms with van der Waals surface area (Å²) in [6.07, 6.45) is 5.98. The molecule has 5 nitrogen and oxygen atoms in total. The van der Waals surface area contributed by atoms with Crippen LogP contribution in [0.4, 0.5) is 0 Å². The normalized spacial score (nSPS) is 17.3. The number of halogens is 1. The molecule has 32 heavy (non-hydrogen) atoms. The fourth-order valence-electron chi connectivity index (χ4n) is 3.80. The van der Waals surface area contributed by atoms with Crippen molar-refractivity contribution in [3.8, 4) is 17.0 Å². The van der Waals surface area contributed by atoms with Gasteiger partial charge in [0.25, 0.3) is 0 Å². The molecule has 166 valence electrons. The van der Waals surface area contributed by atoms with Gasteiger partial charge in [-0.25, -0.2) is 4.98 Å². The predicted octanol–water partition coefficient (Wildman–Crippen LogP) is 5.22. The minimum absolute atomic E-state index is 0.134. The van der Waals surface area contributed by atoms with Crippen molar-refractivity contribution in [2.24, 2.45) is 0 Å². The number of rotatable bonds is 7. The Bertz CT molecular complexity index is 1080. The van der Waals surface area contributed by atoms with Gasteiger partial charge in [-0.15, -0.1) is 11.3 Å². The van der Waals surface area contributed by atoms with E-state index in [1.807, 2.05) is 36.1 Å². The molecule has 0 bridgehead atoms. The highest BCUT2D eigenvalue weighted by atomic mass is 35.5. The average molecular weight is 468 g/mol. The molecule has 1 atom stereocenters. The van der Waals surface area contributed by atoms with Crippen LogP contribution in [0, 0.1) is 0 Å². The van der Waals surface area contributed by atoms with Crippen LogP contribution in [0.15, 0.2) is 60.8 Å². The Kier molecular flexibility index (Phi) is 7.25. The van der Waals surface area contributed by atoms with Crippen molar-refractivity contribution in [2.75, 3.05) is 26.7 Å². The van der Waals surface area contributed by atoms with Crippen molar-refractivity contribution in [3.63, 3.8) is 0 Å². The van der Waals surface area contributed by atoms with Crippen LogP contribution in [0.25, 0.3) is 17.2 Å². The molecule has 0 saturated carbocycles. The molecule has 1 saturated heterocycles. The number of carbonyl (C=O) groups excluding carboxylic acids is 1. The lowest BCUT2D eigenvalue weighted by molar-refractivity contribution is -0.141. The second-order valence-corrected chi connectivity index (χ2v) is 9.51. The summed E-state index contributed by atoms with van der Waals surface area (Å²) < 4.78 is 5.91. The number of methoxy groups -OCH3 is 1. The number of amides is 1. The first-order valence-corrected chi connectivity index (χ1v) is 11.8. The van der Waals surface area contributed by atoms with Crippen LogP contribution in [0.3, 0.4) is 0 Å². The Morgan fingerprint density at radius 2 is 1.91 bits per heavy atom. The molecule has 0 unspecified atom stereocenters. The number of hydrogen-bond acceptors (Lipinski definition) is 5. The maximum absolute atomic E-state index is 13.0. The molecule has 0 spiro atoms. The van der Waals surface area contributed by atoms with E-state index in [0.717, 1.165) is 45.5 Å². The number of aromatic nitrogens is 1. The third kappa shape index (κ3) is 5.38. The van der Waals surface area contributed by atoms with Crippen molar-refractivity contribution in [1.29, 1.82) is 0 Å². The van der Waals surface area contributed by atoms with Gasteiger partial charge in [0.2, 0.25) is 11.8 Å². The van der Waals surface area contributed by atoms with Gasteiger partial charge in [0.05, 0.1) is 17.5 Å². The Hall–Kier alpha value is -2.67. The molecule has 4 rings (SSSR count). The van der Waals surface area contributed by atoms with Gasteiger partial charge in [-0.05, 0) is 42.3 Å². The van der Waals surface area contributed by atoms with Crippen LogP contribution in [0.5, 0.6) is 5.88 Å². The minimum atomic E-state index is -0.134. The van der Waals surface area contributed by atoms with Crippen molar-refractivity contribution in [1.82, 2.24) is 14.8 Å². The van der Waals surface area contributed by atoms with Crippen LogP contribution in [-0.2, 0) is 11.3 Å². The number of nitrogens with zero attached hydrogens (tertiary/aromatic N) is 3. The van der Waals surface area contributed by atoms with E-state index in [1.54, 1.807) is 24.6 Å². The second kappa shape index (κ2) is 10.3. The topological polar surface area (TPSA) is 45.7 Å². The number of benzene rings is 1. The molecule has 0 aliphatic carbocycles. The van der Waals surface area contributed by atoms with Gasteiger partial charge in [0.15, 0.2) is 0 Å². The van der Waals surface area contributed by atoms with E-state index in [-0.39, 0.29) is 11.9 Å². The highest BCUT2D eigenvalue weighted by Crippen LogP contribution is 2.24. The molecule has 1 aliphatic rings. The van der Waals surface area contributed by atoms with Gasteiger partial charge in [-0.3, -0.25) is 9.69 Å². The summed E-state index contributed by atoms with van der Waals surface area (Å²) in [7, 11) is 1.61. The molecule has 3 aromatic rings. The summed E-state index contributed by atoms with van der Waals surface area (Å²) >= 11 is 7.53. The molecule has 1 amide bonds. The molecule has 7 heteroatoms. The van der Waals surface area contributed by atoms with E-state index in [2.05, 4.69) is 46.3 Å². The molecule has 1 fully saturated rings. The number of piperazine rings is 1. The van der Waals surface area contributed by atoms with E-state index in [4.69, 9.17) is 16.3 Å². The van der Waals surface area contributed by atoms with Gasteiger partial charge in [-0.1, -0.05) is 41.9 Å². The summed E-state index contributed by atoms with van der Waals surface area (Å²) in [6, 6.07) is 15.9. The Morgan fingerprint density at radius 1 is 1.12 bits per heavy atom. The Balaban J connectivity index is 1.33. The number of pyridine rings is 1. The first-order valence-electron chi connectivity index (χ1n) is 10.6. The lowest BCUT2D eigenvalue weighted by Gasteiger charge is -2.38. The standard InChI is InChI=1S/C25H26ClN3O2S/c1-18-25(30)29(15-14-28(18)13-3-4-22-10-11-23(26)32-22)17-19-5-7-20(8-6-19)21-9-12-24(31-2)27-16-21/h3-12,16,18H,13-15,17H2,1-2H3/t18-/m0/s1. The summed E-state index contributed by atoms with van der Waals surface area (Å²) in [5.74, 6) is 0.774. The molecule has 1 aromatic carbocycles. The third-order valence-electron chi connectivity index (χ3n) is 5.70. The summed E-state index contributed by atoms with van der Waals surface area (Å²) in [5.41, 5.74) is 3.25. The maximum atomic E-state index is 13.0. The van der Waals surface area contributed by atoms with Gasteiger partial charge in [0.1, 0.15) is 0 Å². The zero-order valence-corrected chi connectivity index (χ0v) is 19.8. The van der Waals surface area contributed by atoms with Crippen molar-refractivity contribution < 1.29 is 9.53 Å². The summed E-state index contributed by atoms with van der Waals surface area (Å²) in [4.78, 5) is 22.5. The minimum Gasteiger partial charge on any atom is -0.481 e. The number of ether oxygens (including phenoxy) is 1. The van der Waals surface area contributed by atoms with Crippen LogP contribution in [0.2, 0.25) is 4.34 Å². The van der Waals surface area contributed by atoms with Crippen LogP contribution in [-0.4, -0.2) is 53.5 Å². The number of hydrogen-bond donors (Lipinski definition) is 0. The van der Waals surface area contributed by atoms with Gasteiger partial charge >= 0.3 is 0 Å². The van der Waals surface area contributed by atoms with E-state index in [1.165, 1.54) is 0 Å². The number of thiophene rings is 1. The first-order chi connectivity index (χ1) is 15.5. The van der Waals surface area contributed by atoms with E-state index < -0.39 is 0 Å². The zero-order chi connectivity index (χ0) is 22.5. The Labute approximate surface area is 197 Å².